The number of nitrogens with zero attached hydrogens (tertiary/aromatic N) is 3. The molecule has 0 aliphatic carbocycles. The zero-order chi connectivity index (χ0) is 21.9. The van der Waals surface area contributed by atoms with Gasteiger partial charge in [0.2, 0.25) is 0 Å². The summed E-state index contributed by atoms with van der Waals surface area (Å²) in [6.45, 7) is 2.71. The number of hydrogen-bond donors (Lipinski definition) is 0. The first-order valence-corrected chi connectivity index (χ1v) is 10.9. The van der Waals surface area contributed by atoms with Gasteiger partial charge in [-0.3, -0.25) is 4.79 Å². The number of carbonyl (C=O) groups excluding carboxylic acids is 1. The van der Waals surface area contributed by atoms with Crippen LogP contribution < -0.4 is 4.90 Å². The lowest BCUT2D eigenvalue weighted by Crippen LogP contribution is -2.49. The van der Waals surface area contributed by atoms with E-state index in [0.717, 1.165) is 45.9 Å². The Labute approximate surface area is 187 Å². The van der Waals surface area contributed by atoms with Gasteiger partial charge in [-0.1, -0.05) is 66.7 Å². The zero-order valence-corrected chi connectivity index (χ0v) is 17.7. The van der Waals surface area contributed by atoms with Gasteiger partial charge in [-0.05, 0) is 51.4 Å². The van der Waals surface area contributed by atoms with Gasteiger partial charge in [0.05, 0.1) is 0 Å². The van der Waals surface area contributed by atoms with E-state index in [1.165, 1.54) is 0 Å². The molecule has 32 heavy (non-hydrogen) atoms. The van der Waals surface area contributed by atoms with Crippen LogP contribution in [-0.2, 0) is 4.79 Å². The molecule has 156 valence electrons. The van der Waals surface area contributed by atoms with Crippen LogP contribution in [0, 0.1) is 11.3 Å². The molecular formula is C28H23N3O. The minimum Gasteiger partial charge on any atom is -0.368 e. The van der Waals surface area contributed by atoms with Crippen molar-refractivity contribution in [3.63, 3.8) is 0 Å². The van der Waals surface area contributed by atoms with E-state index in [1.807, 2.05) is 54.6 Å². The Bertz CT molecular complexity index is 1310. The van der Waals surface area contributed by atoms with Crippen LogP contribution in [0.3, 0.4) is 0 Å². The molecular weight excluding hydrogens is 394 g/mol. The largest absolute Gasteiger partial charge is 0.368 e. The predicted molar refractivity (Wildman–Crippen MR) is 130 cm³/mol. The standard InChI is InChI=1S/C28H23N3O/c29-20-23(28(32)31-16-14-30(15-17-31)24-10-2-1-3-11-24)19-27-25-12-6-4-8-21(25)18-22-9-5-7-13-26(22)27/h1-13,18-19H,14-17H2. The number of carbonyl (C=O) groups is 1. The van der Waals surface area contributed by atoms with Crippen molar-refractivity contribution in [1.82, 2.24) is 4.90 Å². The van der Waals surface area contributed by atoms with Gasteiger partial charge in [0, 0.05) is 31.9 Å². The summed E-state index contributed by atoms with van der Waals surface area (Å²) in [7, 11) is 0. The van der Waals surface area contributed by atoms with E-state index in [1.54, 1.807) is 11.0 Å². The van der Waals surface area contributed by atoms with Crippen molar-refractivity contribution in [3.8, 4) is 6.07 Å². The fraction of sp³-hybridized carbons (Fsp3) is 0.143. The third kappa shape index (κ3) is 3.70. The average molecular weight is 418 g/mol. The van der Waals surface area contributed by atoms with Crippen LogP contribution in [0.2, 0.25) is 0 Å². The van der Waals surface area contributed by atoms with Crippen LogP contribution in [0.25, 0.3) is 27.6 Å². The Morgan fingerprint density at radius 3 is 1.94 bits per heavy atom. The monoisotopic (exact) mass is 417 g/mol. The molecule has 0 N–H and O–H groups in total. The van der Waals surface area contributed by atoms with Crippen molar-refractivity contribution < 1.29 is 4.79 Å². The second-order valence-electron chi connectivity index (χ2n) is 8.02. The molecule has 0 spiro atoms. The van der Waals surface area contributed by atoms with E-state index >= 15 is 0 Å². The summed E-state index contributed by atoms with van der Waals surface area (Å²) in [6.07, 6.45) is 1.77. The lowest BCUT2D eigenvalue weighted by atomic mass is 9.95. The molecule has 0 radical (unpaired) electrons. The van der Waals surface area contributed by atoms with Crippen molar-refractivity contribution in [1.29, 1.82) is 5.26 Å². The van der Waals surface area contributed by atoms with Gasteiger partial charge in [-0.25, -0.2) is 0 Å². The van der Waals surface area contributed by atoms with E-state index in [2.05, 4.69) is 41.3 Å². The van der Waals surface area contributed by atoms with Crippen LogP contribution in [-0.4, -0.2) is 37.0 Å². The Hall–Kier alpha value is -4.10. The highest BCUT2D eigenvalue weighted by atomic mass is 16.2. The Balaban J connectivity index is 1.46. The van der Waals surface area contributed by atoms with Crippen molar-refractivity contribution >= 4 is 39.2 Å². The van der Waals surface area contributed by atoms with E-state index < -0.39 is 0 Å². The summed E-state index contributed by atoms with van der Waals surface area (Å²) >= 11 is 0. The summed E-state index contributed by atoms with van der Waals surface area (Å²) in [5.74, 6) is -0.197. The molecule has 1 aliphatic heterocycles. The first-order chi connectivity index (χ1) is 15.7. The molecule has 1 saturated heterocycles. The molecule has 1 aliphatic rings. The molecule has 0 saturated carbocycles. The van der Waals surface area contributed by atoms with Gasteiger partial charge in [0.25, 0.3) is 5.91 Å². The van der Waals surface area contributed by atoms with Gasteiger partial charge in [-0.15, -0.1) is 0 Å². The minimum atomic E-state index is -0.197. The molecule has 5 rings (SSSR count). The average Bonchev–Trinajstić information content (AvgIpc) is 2.87. The summed E-state index contributed by atoms with van der Waals surface area (Å²) in [4.78, 5) is 17.3. The van der Waals surface area contributed by atoms with Crippen molar-refractivity contribution in [3.05, 3.63) is 96.1 Å². The van der Waals surface area contributed by atoms with Gasteiger partial charge in [0.1, 0.15) is 11.6 Å². The van der Waals surface area contributed by atoms with Crippen molar-refractivity contribution in [2.24, 2.45) is 0 Å². The predicted octanol–water partition coefficient (Wildman–Crippen LogP) is 5.25. The smallest absolute Gasteiger partial charge is 0.264 e. The van der Waals surface area contributed by atoms with Crippen LogP contribution >= 0.6 is 0 Å². The molecule has 1 amide bonds. The highest BCUT2D eigenvalue weighted by Gasteiger charge is 2.24. The number of amides is 1. The summed E-state index contributed by atoms with van der Waals surface area (Å²) in [5.41, 5.74) is 2.27. The van der Waals surface area contributed by atoms with Gasteiger partial charge in [0.15, 0.2) is 0 Å². The zero-order valence-electron chi connectivity index (χ0n) is 17.7. The lowest BCUT2D eigenvalue weighted by molar-refractivity contribution is -0.126. The Kier molecular flexibility index (Phi) is 5.31. The van der Waals surface area contributed by atoms with Gasteiger partial charge >= 0.3 is 0 Å². The minimum absolute atomic E-state index is 0.180. The third-order valence-electron chi connectivity index (χ3n) is 6.14. The summed E-state index contributed by atoms with van der Waals surface area (Å²) < 4.78 is 0. The fourth-order valence-corrected chi connectivity index (χ4v) is 4.47. The Morgan fingerprint density at radius 1 is 0.781 bits per heavy atom. The summed E-state index contributed by atoms with van der Waals surface area (Å²) in [5, 5.41) is 14.2. The maximum atomic E-state index is 13.3. The number of fused-ring (bicyclic) bond motifs is 2. The van der Waals surface area contributed by atoms with Crippen LogP contribution in [0.5, 0.6) is 0 Å². The number of hydrogen-bond acceptors (Lipinski definition) is 3. The first-order valence-electron chi connectivity index (χ1n) is 10.9. The molecule has 4 nitrogen and oxygen atoms in total. The van der Waals surface area contributed by atoms with E-state index in [9.17, 15) is 10.1 Å². The second kappa shape index (κ2) is 8.56. The fourth-order valence-electron chi connectivity index (χ4n) is 4.47. The van der Waals surface area contributed by atoms with E-state index in [0.29, 0.717) is 13.1 Å². The normalized spacial score (nSPS) is 14.5. The molecule has 4 aromatic carbocycles. The third-order valence-corrected chi connectivity index (χ3v) is 6.14. The van der Waals surface area contributed by atoms with Crippen molar-refractivity contribution in [2.75, 3.05) is 31.1 Å². The molecule has 1 fully saturated rings. The molecule has 0 bridgehead atoms. The van der Waals surface area contributed by atoms with Crippen LogP contribution in [0.4, 0.5) is 5.69 Å². The molecule has 4 heteroatoms. The van der Waals surface area contributed by atoms with Crippen LogP contribution in [0.1, 0.15) is 5.56 Å². The van der Waals surface area contributed by atoms with Crippen molar-refractivity contribution in [2.45, 2.75) is 0 Å². The van der Waals surface area contributed by atoms with Crippen LogP contribution in [0.15, 0.2) is 90.5 Å². The number of rotatable bonds is 3. The molecule has 0 unspecified atom stereocenters. The maximum Gasteiger partial charge on any atom is 0.264 e. The highest BCUT2D eigenvalue weighted by molar-refractivity contribution is 6.11. The quantitative estimate of drug-likeness (QED) is 0.260. The second-order valence-corrected chi connectivity index (χ2v) is 8.02. The molecule has 4 aromatic rings. The number of para-hydroxylation sites is 1. The topological polar surface area (TPSA) is 47.3 Å². The van der Waals surface area contributed by atoms with Gasteiger partial charge < -0.3 is 9.80 Å². The maximum absolute atomic E-state index is 13.3. The summed E-state index contributed by atoms with van der Waals surface area (Å²) in [6, 6.07) is 30.8. The molecule has 0 aromatic heterocycles. The molecule has 1 heterocycles. The first kappa shape index (κ1) is 19.8. The number of benzene rings is 4. The SMILES string of the molecule is N#CC(=Cc1c2ccccc2cc2ccccc12)C(=O)N1CCN(c2ccccc2)CC1. The highest BCUT2D eigenvalue weighted by Crippen LogP contribution is 2.30. The number of anilines is 1. The van der Waals surface area contributed by atoms with E-state index in [4.69, 9.17) is 0 Å². The number of nitriles is 1. The Morgan fingerprint density at radius 2 is 1.34 bits per heavy atom. The molecule has 0 atom stereocenters. The number of piperazine rings is 1. The lowest BCUT2D eigenvalue weighted by Gasteiger charge is -2.36. The van der Waals surface area contributed by atoms with Gasteiger partial charge in [-0.2, -0.15) is 5.26 Å². The van der Waals surface area contributed by atoms with E-state index in [-0.39, 0.29) is 11.5 Å².